The minimum atomic E-state index is -2.55. The second-order valence-corrected chi connectivity index (χ2v) is 7.62. The first kappa shape index (κ1) is 19.0. The van der Waals surface area contributed by atoms with E-state index >= 15 is 0 Å². The van der Waals surface area contributed by atoms with Crippen LogP contribution in [-0.2, 0) is 4.74 Å². The number of hydrogen-bond donors (Lipinski definition) is 1. The van der Waals surface area contributed by atoms with E-state index in [1.165, 1.54) is 0 Å². The molecule has 2 aliphatic rings. The van der Waals surface area contributed by atoms with Gasteiger partial charge < -0.3 is 15.0 Å². The molecule has 9 heteroatoms. The number of nitrogens with one attached hydrogen (secondary N) is 1. The molecule has 0 spiro atoms. The molecule has 2 aromatic rings. The molecule has 0 amide bonds. The Bertz CT molecular complexity index is 824. The molecule has 152 valence electrons. The SMILES string of the molecule is Cc1cc(C)n(-c2cc(N3CCOCC3)nc(NC3CCC(F)(F)CC3)n2)n1. The molecule has 2 aromatic heterocycles. The molecule has 0 unspecified atom stereocenters. The Morgan fingerprint density at radius 2 is 1.75 bits per heavy atom. The summed E-state index contributed by atoms with van der Waals surface area (Å²) in [6.45, 7) is 6.73. The van der Waals surface area contributed by atoms with Crippen molar-refractivity contribution in [2.45, 2.75) is 51.5 Å². The summed E-state index contributed by atoms with van der Waals surface area (Å²) in [6.07, 6.45) is 0.622. The molecule has 1 aliphatic heterocycles. The molecule has 1 saturated heterocycles. The zero-order chi connectivity index (χ0) is 19.7. The zero-order valence-corrected chi connectivity index (χ0v) is 16.3. The van der Waals surface area contributed by atoms with Crippen molar-refractivity contribution >= 4 is 11.8 Å². The molecule has 3 heterocycles. The lowest BCUT2D eigenvalue weighted by molar-refractivity contribution is -0.0361. The number of alkyl halides is 2. The molecule has 0 bridgehead atoms. The summed E-state index contributed by atoms with van der Waals surface area (Å²) in [4.78, 5) is 11.5. The third-order valence-corrected chi connectivity index (χ3v) is 5.31. The van der Waals surface area contributed by atoms with Crippen molar-refractivity contribution in [2.75, 3.05) is 36.5 Å². The summed E-state index contributed by atoms with van der Waals surface area (Å²) in [5.41, 5.74) is 1.89. The van der Waals surface area contributed by atoms with Crippen LogP contribution in [0.5, 0.6) is 0 Å². The lowest BCUT2D eigenvalue weighted by Crippen LogP contribution is -2.37. The number of hydrogen-bond acceptors (Lipinski definition) is 6. The second kappa shape index (κ2) is 7.62. The first-order valence-corrected chi connectivity index (χ1v) is 9.79. The summed E-state index contributed by atoms with van der Waals surface area (Å²) < 4.78 is 34.2. The largest absolute Gasteiger partial charge is 0.378 e. The molecule has 7 nitrogen and oxygen atoms in total. The molecule has 0 aromatic carbocycles. The van der Waals surface area contributed by atoms with Crippen LogP contribution in [0.3, 0.4) is 0 Å². The Kier molecular flexibility index (Phi) is 5.18. The van der Waals surface area contributed by atoms with Crippen molar-refractivity contribution in [1.82, 2.24) is 19.7 Å². The van der Waals surface area contributed by atoms with Crippen LogP contribution < -0.4 is 10.2 Å². The average molecular weight is 392 g/mol. The first-order valence-electron chi connectivity index (χ1n) is 9.79. The third-order valence-electron chi connectivity index (χ3n) is 5.31. The smallest absolute Gasteiger partial charge is 0.248 e. The topological polar surface area (TPSA) is 68.1 Å². The normalized spacial score (nSPS) is 20.4. The molecular formula is C19H26F2N6O. The molecule has 1 N–H and O–H groups in total. The van der Waals surface area contributed by atoms with Gasteiger partial charge in [0.25, 0.3) is 0 Å². The van der Waals surface area contributed by atoms with Crippen LogP contribution in [0.4, 0.5) is 20.5 Å². The summed E-state index contributed by atoms with van der Waals surface area (Å²) >= 11 is 0. The van der Waals surface area contributed by atoms with Gasteiger partial charge in [-0.05, 0) is 32.8 Å². The number of aromatic nitrogens is 4. The Morgan fingerprint density at radius 3 is 2.39 bits per heavy atom. The zero-order valence-electron chi connectivity index (χ0n) is 16.3. The summed E-state index contributed by atoms with van der Waals surface area (Å²) in [5, 5.41) is 7.81. The van der Waals surface area contributed by atoms with Crippen LogP contribution in [-0.4, -0.2) is 58.0 Å². The van der Waals surface area contributed by atoms with Gasteiger partial charge in [0.2, 0.25) is 11.9 Å². The monoisotopic (exact) mass is 392 g/mol. The number of halogens is 2. The molecule has 0 atom stereocenters. The van der Waals surface area contributed by atoms with Gasteiger partial charge in [-0.2, -0.15) is 15.1 Å². The minimum Gasteiger partial charge on any atom is -0.378 e. The number of anilines is 2. The van der Waals surface area contributed by atoms with Crippen LogP contribution >= 0.6 is 0 Å². The van der Waals surface area contributed by atoms with Gasteiger partial charge in [-0.25, -0.2) is 13.5 Å². The van der Waals surface area contributed by atoms with Crippen molar-refractivity contribution in [3.8, 4) is 5.82 Å². The fourth-order valence-electron chi connectivity index (χ4n) is 3.78. The van der Waals surface area contributed by atoms with Crippen LogP contribution in [0.15, 0.2) is 12.1 Å². The average Bonchev–Trinajstić information content (AvgIpc) is 3.02. The van der Waals surface area contributed by atoms with Gasteiger partial charge in [-0.1, -0.05) is 0 Å². The van der Waals surface area contributed by atoms with Gasteiger partial charge in [0.05, 0.1) is 18.9 Å². The predicted molar refractivity (Wildman–Crippen MR) is 102 cm³/mol. The van der Waals surface area contributed by atoms with Gasteiger partial charge in [-0.15, -0.1) is 0 Å². The quantitative estimate of drug-likeness (QED) is 0.862. The van der Waals surface area contributed by atoms with E-state index in [1.807, 2.05) is 26.0 Å². The third kappa shape index (κ3) is 4.24. The second-order valence-electron chi connectivity index (χ2n) is 7.62. The van der Waals surface area contributed by atoms with Gasteiger partial charge >= 0.3 is 0 Å². The van der Waals surface area contributed by atoms with Crippen molar-refractivity contribution in [1.29, 1.82) is 0 Å². The molecule has 0 radical (unpaired) electrons. The van der Waals surface area contributed by atoms with E-state index < -0.39 is 5.92 Å². The standard InChI is InChI=1S/C19H26F2N6O/c1-13-11-14(2)27(25-13)17-12-16(26-7-9-28-10-8-26)23-18(24-17)22-15-3-5-19(20,21)6-4-15/h11-12,15H,3-10H2,1-2H3,(H,22,23,24). The summed E-state index contributed by atoms with van der Waals surface area (Å²) in [5.74, 6) is -0.624. The van der Waals surface area contributed by atoms with E-state index in [0.717, 1.165) is 30.3 Å². The predicted octanol–water partition coefficient (Wildman–Crippen LogP) is 3.11. The number of morpholine rings is 1. The summed E-state index contributed by atoms with van der Waals surface area (Å²) in [6, 6.07) is 3.87. The van der Waals surface area contributed by atoms with Crippen molar-refractivity contribution < 1.29 is 13.5 Å². The maximum atomic E-state index is 13.5. The van der Waals surface area contributed by atoms with Gasteiger partial charge in [0.1, 0.15) is 5.82 Å². The van der Waals surface area contributed by atoms with E-state index in [2.05, 4.69) is 25.3 Å². The van der Waals surface area contributed by atoms with Crippen LogP contribution in [0.1, 0.15) is 37.1 Å². The maximum absolute atomic E-state index is 13.5. The summed E-state index contributed by atoms with van der Waals surface area (Å²) in [7, 11) is 0. The van der Waals surface area contributed by atoms with Crippen molar-refractivity contribution in [3.63, 3.8) is 0 Å². The molecule has 4 rings (SSSR count). The van der Waals surface area contributed by atoms with Crippen LogP contribution in [0.2, 0.25) is 0 Å². The molecule has 2 fully saturated rings. The Balaban J connectivity index is 1.63. The Labute approximate surface area is 163 Å². The molecular weight excluding hydrogens is 366 g/mol. The number of ether oxygens (including phenoxy) is 1. The van der Waals surface area contributed by atoms with E-state index in [1.54, 1.807) is 4.68 Å². The number of aryl methyl sites for hydroxylation is 2. The number of nitrogens with zero attached hydrogens (tertiary/aromatic N) is 5. The van der Waals surface area contributed by atoms with E-state index in [4.69, 9.17) is 4.74 Å². The lowest BCUT2D eigenvalue weighted by atomic mass is 9.92. The maximum Gasteiger partial charge on any atom is 0.248 e. The first-order chi connectivity index (χ1) is 13.4. The molecule has 1 aliphatic carbocycles. The van der Waals surface area contributed by atoms with Crippen LogP contribution in [0.25, 0.3) is 5.82 Å². The minimum absolute atomic E-state index is 0.0483. The fourth-order valence-corrected chi connectivity index (χ4v) is 3.78. The highest BCUT2D eigenvalue weighted by Crippen LogP contribution is 2.34. The van der Waals surface area contributed by atoms with E-state index in [9.17, 15) is 8.78 Å². The number of rotatable bonds is 4. The highest BCUT2D eigenvalue weighted by atomic mass is 19.3. The Morgan fingerprint density at radius 1 is 1.07 bits per heavy atom. The highest BCUT2D eigenvalue weighted by molar-refractivity contribution is 5.50. The molecule has 28 heavy (non-hydrogen) atoms. The van der Waals surface area contributed by atoms with Crippen molar-refractivity contribution in [3.05, 3.63) is 23.5 Å². The molecule has 1 saturated carbocycles. The van der Waals surface area contributed by atoms with Gasteiger partial charge in [0.15, 0.2) is 5.82 Å². The lowest BCUT2D eigenvalue weighted by Gasteiger charge is -2.30. The van der Waals surface area contributed by atoms with Gasteiger partial charge in [-0.3, -0.25) is 0 Å². The Hall–Kier alpha value is -2.29. The van der Waals surface area contributed by atoms with Crippen molar-refractivity contribution in [2.24, 2.45) is 0 Å². The highest BCUT2D eigenvalue weighted by Gasteiger charge is 2.35. The fraction of sp³-hybridized carbons (Fsp3) is 0.632. The van der Waals surface area contributed by atoms with Crippen LogP contribution in [0, 0.1) is 13.8 Å². The van der Waals surface area contributed by atoms with E-state index in [0.29, 0.717) is 37.8 Å². The van der Waals surface area contributed by atoms with E-state index in [-0.39, 0.29) is 18.9 Å². The van der Waals surface area contributed by atoms with Gasteiger partial charge in [0, 0.05) is 43.7 Å².